The highest BCUT2D eigenvalue weighted by Crippen LogP contribution is 2.25. The Morgan fingerprint density at radius 2 is 1.62 bits per heavy atom. The largest absolute Gasteiger partial charge is 0.322 e. The minimum absolute atomic E-state index is 0.0424. The Morgan fingerprint density at radius 3 is 2.31 bits per heavy atom. The molecule has 0 unspecified atom stereocenters. The third-order valence-electron chi connectivity index (χ3n) is 4.48. The molecule has 0 aromatic heterocycles. The number of halogens is 1. The lowest BCUT2D eigenvalue weighted by atomic mass is 10.1. The lowest BCUT2D eigenvalue weighted by Gasteiger charge is -2.13. The van der Waals surface area contributed by atoms with Crippen molar-refractivity contribution in [2.75, 3.05) is 10.0 Å². The van der Waals surface area contributed by atoms with Crippen molar-refractivity contribution in [1.29, 1.82) is 0 Å². The number of carbonyl (C=O) groups is 1. The third kappa shape index (κ3) is 4.63. The molecule has 2 N–H and O–H groups in total. The Bertz CT molecular complexity index is 1190. The van der Waals surface area contributed by atoms with Crippen molar-refractivity contribution in [3.63, 3.8) is 0 Å². The summed E-state index contributed by atoms with van der Waals surface area (Å²) in [6, 6.07) is 15.6. The van der Waals surface area contributed by atoms with Crippen molar-refractivity contribution in [3.05, 3.63) is 88.7 Å². The van der Waals surface area contributed by atoms with E-state index in [0.29, 0.717) is 16.8 Å². The molecule has 3 rings (SSSR count). The summed E-state index contributed by atoms with van der Waals surface area (Å²) in [5.41, 5.74) is 3.03. The van der Waals surface area contributed by atoms with Crippen LogP contribution in [0.25, 0.3) is 0 Å². The van der Waals surface area contributed by atoms with Crippen LogP contribution in [0.3, 0.4) is 0 Å². The second-order valence-corrected chi connectivity index (χ2v) is 8.49. The van der Waals surface area contributed by atoms with Crippen LogP contribution < -0.4 is 10.0 Å². The molecule has 0 bridgehead atoms. The molecule has 3 aromatic carbocycles. The number of para-hydroxylation sites is 1. The highest BCUT2D eigenvalue weighted by molar-refractivity contribution is 7.92. The van der Waals surface area contributed by atoms with Gasteiger partial charge in [0.05, 0.1) is 10.6 Å². The highest BCUT2D eigenvalue weighted by atomic mass is 32.2. The van der Waals surface area contributed by atoms with E-state index in [1.165, 1.54) is 30.3 Å². The Kier molecular flexibility index (Phi) is 5.70. The first-order valence-electron chi connectivity index (χ1n) is 8.94. The quantitative estimate of drug-likeness (QED) is 0.632. The molecule has 5 nitrogen and oxygen atoms in total. The van der Waals surface area contributed by atoms with Crippen LogP contribution in [0.15, 0.2) is 65.6 Å². The van der Waals surface area contributed by atoms with E-state index in [1.807, 2.05) is 26.0 Å². The van der Waals surface area contributed by atoms with Crippen LogP contribution in [-0.2, 0) is 10.0 Å². The van der Waals surface area contributed by atoms with Crippen LogP contribution in [0.4, 0.5) is 15.8 Å². The van der Waals surface area contributed by atoms with Gasteiger partial charge in [-0.05, 0) is 62.2 Å². The highest BCUT2D eigenvalue weighted by Gasteiger charge is 2.20. The predicted molar refractivity (Wildman–Crippen MR) is 112 cm³/mol. The van der Waals surface area contributed by atoms with E-state index in [0.717, 1.165) is 11.1 Å². The van der Waals surface area contributed by atoms with Gasteiger partial charge in [0.1, 0.15) is 5.82 Å². The van der Waals surface area contributed by atoms with Crippen LogP contribution in [0, 0.1) is 26.6 Å². The maximum Gasteiger partial charge on any atom is 0.262 e. The zero-order valence-corrected chi connectivity index (χ0v) is 17.1. The Morgan fingerprint density at radius 1 is 0.897 bits per heavy atom. The van der Waals surface area contributed by atoms with Gasteiger partial charge in [0.25, 0.3) is 15.9 Å². The molecule has 0 saturated heterocycles. The molecule has 0 aliphatic rings. The molecule has 0 aliphatic heterocycles. The van der Waals surface area contributed by atoms with Crippen molar-refractivity contribution in [1.82, 2.24) is 0 Å². The van der Waals surface area contributed by atoms with E-state index < -0.39 is 15.8 Å². The van der Waals surface area contributed by atoms with Crippen LogP contribution in [0.1, 0.15) is 27.0 Å². The number of carbonyl (C=O) groups excluding carboxylic acids is 1. The summed E-state index contributed by atoms with van der Waals surface area (Å²) in [6.07, 6.45) is 0. The number of aryl methyl sites for hydroxylation is 3. The van der Waals surface area contributed by atoms with Gasteiger partial charge >= 0.3 is 0 Å². The zero-order valence-electron chi connectivity index (χ0n) is 16.3. The monoisotopic (exact) mass is 412 g/mol. The standard InChI is InChI=1S/C22H21FN2O3S/c1-14-8-11-18(16(3)12-14)22(26)24-17-10-9-15(2)21(13-17)29(27,28)25-20-7-5-4-6-19(20)23/h4-13,25H,1-3H3,(H,24,26). The zero-order chi connectivity index (χ0) is 21.2. The summed E-state index contributed by atoms with van der Waals surface area (Å²) < 4.78 is 41.7. The average molecular weight is 412 g/mol. The van der Waals surface area contributed by atoms with Crippen molar-refractivity contribution >= 4 is 27.3 Å². The lowest BCUT2D eigenvalue weighted by Crippen LogP contribution is -2.17. The fraction of sp³-hybridized carbons (Fsp3) is 0.136. The van der Waals surface area contributed by atoms with E-state index >= 15 is 0 Å². The minimum Gasteiger partial charge on any atom is -0.322 e. The van der Waals surface area contributed by atoms with Crippen molar-refractivity contribution < 1.29 is 17.6 Å². The predicted octanol–water partition coefficient (Wildman–Crippen LogP) is 4.80. The third-order valence-corrected chi connectivity index (χ3v) is 5.99. The van der Waals surface area contributed by atoms with Gasteiger partial charge in [-0.25, -0.2) is 12.8 Å². The van der Waals surface area contributed by atoms with E-state index in [2.05, 4.69) is 10.0 Å². The Hall–Kier alpha value is -3.19. The molecule has 29 heavy (non-hydrogen) atoms. The van der Waals surface area contributed by atoms with Crippen molar-refractivity contribution in [2.45, 2.75) is 25.7 Å². The molecule has 0 fully saturated rings. The number of hydrogen-bond acceptors (Lipinski definition) is 3. The van der Waals surface area contributed by atoms with E-state index in [4.69, 9.17) is 0 Å². The number of rotatable bonds is 5. The smallest absolute Gasteiger partial charge is 0.262 e. The molecule has 0 atom stereocenters. The molecule has 0 spiro atoms. The van der Waals surface area contributed by atoms with Gasteiger partial charge in [-0.15, -0.1) is 0 Å². The second kappa shape index (κ2) is 8.05. The van der Waals surface area contributed by atoms with Gasteiger partial charge in [0, 0.05) is 11.3 Å². The summed E-state index contributed by atoms with van der Waals surface area (Å²) >= 11 is 0. The Balaban J connectivity index is 1.89. The number of sulfonamides is 1. The fourth-order valence-electron chi connectivity index (χ4n) is 2.98. The molecule has 3 aromatic rings. The average Bonchev–Trinajstić information content (AvgIpc) is 2.65. The van der Waals surface area contributed by atoms with Crippen molar-refractivity contribution in [2.24, 2.45) is 0 Å². The van der Waals surface area contributed by atoms with Crippen LogP contribution in [0.2, 0.25) is 0 Å². The summed E-state index contributed by atoms with van der Waals surface area (Å²) in [4.78, 5) is 12.6. The molecule has 0 aliphatic carbocycles. The second-order valence-electron chi connectivity index (χ2n) is 6.84. The molecule has 0 heterocycles. The first kappa shape index (κ1) is 20.5. The number of benzene rings is 3. The van der Waals surface area contributed by atoms with E-state index in [1.54, 1.807) is 25.1 Å². The molecular formula is C22H21FN2O3S. The minimum atomic E-state index is -4.04. The van der Waals surface area contributed by atoms with Gasteiger partial charge in [-0.3, -0.25) is 9.52 Å². The molecule has 150 valence electrons. The van der Waals surface area contributed by atoms with E-state index in [-0.39, 0.29) is 16.5 Å². The first-order chi connectivity index (χ1) is 13.7. The fourth-order valence-corrected chi connectivity index (χ4v) is 4.32. The van der Waals surface area contributed by atoms with E-state index in [9.17, 15) is 17.6 Å². The number of amides is 1. The lowest BCUT2D eigenvalue weighted by molar-refractivity contribution is 0.102. The van der Waals surface area contributed by atoms with Crippen LogP contribution >= 0.6 is 0 Å². The molecule has 1 amide bonds. The van der Waals surface area contributed by atoms with Gasteiger partial charge < -0.3 is 5.32 Å². The SMILES string of the molecule is Cc1ccc(C(=O)Nc2ccc(C)c(S(=O)(=O)Nc3ccccc3F)c2)c(C)c1. The topological polar surface area (TPSA) is 75.3 Å². The summed E-state index contributed by atoms with van der Waals surface area (Å²) in [6.45, 7) is 5.41. The first-order valence-corrected chi connectivity index (χ1v) is 10.4. The van der Waals surface area contributed by atoms with Crippen LogP contribution in [-0.4, -0.2) is 14.3 Å². The number of nitrogens with one attached hydrogen (secondary N) is 2. The van der Waals surface area contributed by atoms with Crippen molar-refractivity contribution in [3.8, 4) is 0 Å². The van der Waals surface area contributed by atoms with Gasteiger partial charge in [0.15, 0.2) is 0 Å². The normalized spacial score (nSPS) is 11.2. The molecule has 7 heteroatoms. The summed E-state index contributed by atoms with van der Waals surface area (Å²) in [5.74, 6) is -1.01. The summed E-state index contributed by atoms with van der Waals surface area (Å²) in [5, 5.41) is 2.73. The van der Waals surface area contributed by atoms with Gasteiger partial charge in [0.2, 0.25) is 0 Å². The van der Waals surface area contributed by atoms with Gasteiger partial charge in [-0.1, -0.05) is 35.9 Å². The Labute approximate surface area is 169 Å². The van der Waals surface area contributed by atoms with Gasteiger partial charge in [-0.2, -0.15) is 0 Å². The maximum absolute atomic E-state index is 13.9. The molecular weight excluding hydrogens is 391 g/mol. The number of anilines is 2. The molecule has 0 saturated carbocycles. The number of hydrogen-bond donors (Lipinski definition) is 2. The summed E-state index contributed by atoms with van der Waals surface area (Å²) in [7, 11) is -4.04. The molecule has 0 radical (unpaired) electrons. The maximum atomic E-state index is 13.9. The van der Waals surface area contributed by atoms with Crippen LogP contribution in [0.5, 0.6) is 0 Å².